The van der Waals surface area contributed by atoms with E-state index >= 15 is 0 Å². The second-order valence-corrected chi connectivity index (χ2v) is 5.06. The molecule has 5 heteroatoms. The minimum atomic E-state index is -0.964. The van der Waals surface area contributed by atoms with E-state index in [0.29, 0.717) is 5.56 Å². The number of hydrogen-bond donors (Lipinski definition) is 3. The average molecular weight is 271 g/mol. The van der Waals surface area contributed by atoms with Crippen LogP contribution >= 0.6 is 0 Å². The molecule has 0 amide bonds. The van der Waals surface area contributed by atoms with Gasteiger partial charge in [0.1, 0.15) is 0 Å². The first-order valence-electron chi connectivity index (χ1n) is 6.62. The van der Waals surface area contributed by atoms with Gasteiger partial charge in [-0.15, -0.1) is 0 Å². The molecule has 106 valence electrons. The van der Waals surface area contributed by atoms with E-state index in [-0.39, 0.29) is 12.6 Å². The van der Waals surface area contributed by atoms with Crippen molar-refractivity contribution in [3.8, 4) is 0 Å². The highest BCUT2D eigenvalue weighted by Gasteiger charge is 2.23. The Morgan fingerprint density at radius 1 is 1.21 bits per heavy atom. The van der Waals surface area contributed by atoms with Gasteiger partial charge in [-0.3, -0.25) is 0 Å². The van der Waals surface area contributed by atoms with Gasteiger partial charge in [0.15, 0.2) is 11.6 Å². The third-order valence-electron chi connectivity index (χ3n) is 3.63. The topological polar surface area (TPSA) is 52.5 Å². The Bertz CT molecular complexity index is 428. The summed E-state index contributed by atoms with van der Waals surface area (Å²) in [5.41, 5.74) is 0.330. The fourth-order valence-corrected chi connectivity index (χ4v) is 2.45. The fraction of sp³-hybridized carbons (Fsp3) is 0.571. The Labute approximate surface area is 111 Å². The van der Waals surface area contributed by atoms with Gasteiger partial charge in [-0.25, -0.2) is 8.78 Å². The van der Waals surface area contributed by atoms with Crippen molar-refractivity contribution in [1.29, 1.82) is 0 Å². The van der Waals surface area contributed by atoms with Crippen LogP contribution in [-0.2, 0) is 0 Å². The van der Waals surface area contributed by atoms with Crippen LogP contribution in [0.1, 0.15) is 37.4 Å². The molecule has 0 aromatic heterocycles. The molecule has 1 saturated carbocycles. The lowest BCUT2D eigenvalue weighted by Crippen LogP contribution is -2.43. The van der Waals surface area contributed by atoms with Crippen molar-refractivity contribution in [2.24, 2.45) is 0 Å². The van der Waals surface area contributed by atoms with Crippen LogP contribution < -0.4 is 5.32 Å². The highest BCUT2D eigenvalue weighted by atomic mass is 19.2. The van der Waals surface area contributed by atoms with Gasteiger partial charge in [-0.1, -0.05) is 18.9 Å². The predicted octanol–water partition coefficient (Wildman–Crippen LogP) is 1.89. The van der Waals surface area contributed by atoms with E-state index in [1.165, 1.54) is 6.07 Å². The number of halogens is 2. The quantitative estimate of drug-likeness (QED) is 0.784. The molecule has 1 aliphatic carbocycles. The summed E-state index contributed by atoms with van der Waals surface area (Å²) in [7, 11) is 0. The van der Waals surface area contributed by atoms with Crippen molar-refractivity contribution in [2.45, 2.75) is 43.9 Å². The lowest BCUT2D eigenvalue weighted by atomic mass is 9.92. The van der Waals surface area contributed by atoms with Gasteiger partial charge >= 0.3 is 0 Å². The maximum atomic E-state index is 13.0. The van der Waals surface area contributed by atoms with Crippen LogP contribution in [0.2, 0.25) is 0 Å². The minimum absolute atomic E-state index is 0.0336. The second kappa shape index (κ2) is 6.41. The van der Waals surface area contributed by atoms with Crippen LogP contribution in [0.4, 0.5) is 8.78 Å². The van der Waals surface area contributed by atoms with Gasteiger partial charge < -0.3 is 15.5 Å². The molecule has 3 nitrogen and oxygen atoms in total. The summed E-state index contributed by atoms with van der Waals surface area (Å²) in [4.78, 5) is 0. The van der Waals surface area contributed by atoms with Crippen LogP contribution in [0, 0.1) is 11.6 Å². The largest absolute Gasteiger partial charge is 0.392 e. The number of aliphatic hydroxyl groups excluding tert-OH is 2. The van der Waals surface area contributed by atoms with Crippen LogP contribution in [0.3, 0.4) is 0 Å². The predicted molar refractivity (Wildman–Crippen MR) is 67.6 cm³/mol. The monoisotopic (exact) mass is 271 g/mol. The summed E-state index contributed by atoms with van der Waals surface area (Å²) < 4.78 is 25.8. The maximum Gasteiger partial charge on any atom is 0.159 e. The van der Waals surface area contributed by atoms with Gasteiger partial charge in [0.05, 0.1) is 12.2 Å². The van der Waals surface area contributed by atoms with Crippen LogP contribution in [0.5, 0.6) is 0 Å². The van der Waals surface area contributed by atoms with Crippen molar-refractivity contribution >= 4 is 0 Å². The van der Waals surface area contributed by atoms with E-state index in [2.05, 4.69) is 5.32 Å². The van der Waals surface area contributed by atoms with Crippen molar-refractivity contribution in [1.82, 2.24) is 5.32 Å². The first kappa shape index (κ1) is 14.4. The van der Waals surface area contributed by atoms with E-state index in [1.54, 1.807) is 0 Å². The molecule has 0 aliphatic heterocycles. The van der Waals surface area contributed by atoms with E-state index in [4.69, 9.17) is 0 Å². The van der Waals surface area contributed by atoms with E-state index in [0.717, 1.165) is 37.8 Å². The summed E-state index contributed by atoms with van der Waals surface area (Å²) in [5.74, 6) is -1.89. The van der Waals surface area contributed by atoms with Gasteiger partial charge in [-0.05, 0) is 30.5 Å². The molecular formula is C14H19F2NO2. The standard InChI is InChI=1S/C14H19F2NO2/c15-10-6-5-9(7-11(10)16)14(19)8-17-12-3-1-2-4-13(12)18/h5-7,12-14,17-19H,1-4,8H2. The molecule has 1 aliphatic rings. The normalized spacial score (nSPS) is 25.3. The fourth-order valence-electron chi connectivity index (χ4n) is 2.45. The van der Waals surface area contributed by atoms with Gasteiger partial charge in [0.2, 0.25) is 0 Å². The maximum absolute atomic E-state index is 13.0. The van der Waals surface area contributed by atoms with E-state index in [1.807, 2.05) is 0 Å². The molecule has 1 fully saturated rings. The molecule has 0 radical (unpaired) electrons. The summed E-state index contributed by atoms with van der Waals surface area (Å²) in [6.07, 6.45) is 2.39. The number of nitrogens with one attached hydrogen (secondary N) is 1. The zero-order valence-corrected chi connectivity index (χ0v) is 10.6. The zero-order valence-electron chi connectivity index (χ0n) is 10.6. The summed E-state index contributed by atoms with van der Waals surface area (Å²) >= 11 is 0. The number of aliphatic hydroxyl groups is 2. The Hall–Kier alpha value is -1.04. The van der Waals surface area contributed by atoms with Crippen LogP contribution in [-0.4, -0.2) is 28.9 Å². The lowest BCUT2D eigenvalue weighted by Gasteiger charge is -2.29. The molecule has 3 atom stereocenters. The zero-order chi connectivity index (χ0) is 13.8. The number of hydrogen-bond acceptors (Lipinski definition) is 3. The second-order valence-electron chi connectivity index (χ2n) is 5.06. The SMILES string of the molecule is OC(CNC1CCCCC1O)c1ccc(F)c(F)c1. The molecule has 1 aromatic rings. The minimum Gasteiger partial charge on any atom is -0.392 e. The third-order valence-corrected chi connectivity index (χ3v) is 3.63. The molecule has 3 unspecified atom stereocenters. The van der Waals surface area contributed by atoms with Crippen LogP contribution in [0.15, 0.2) is 18.2 Å². The average Bonchev–Trinajstić information content (AvgIpc) is 2.40. The smallest absolute Gasteiger partial charge is 0.159 e. The van der Waals surface area contributed by atoms with Crippen molar-refractivity contribution in [3.63, 3.8) is 0 Å². The van der Waals surface area contributed by atoms with Crippen molar-refractivity contribution < 1.29 is 19.0 Å². The first-order valence-corrected chi connectivity index (χ1v) is 6.62. The van der Waals surface area contributed by atoms with Gasteiger partial charge in [-0.2, -0.15) is 0 Å². The Balaban J connectivity index is 1.89. The molecule has 19 heavy (non-hydrogen) atoms. The summed E-state index contributed by atoms with van der Waals surface area (Å²) in [6, 6.07) is 3.33. The Morgan fingerprint density at radius 2 is 1.95 bits per heavy atom. The molecule has 0 heterocycles. The van der Waals surface area contributed by atoms with Crippen molar-refractivity contribution in [2.75, 3.05) is 6.54 Å². The highest BCUT2D eigenvalue weighted by molar-refractivity contribution is 5.20. The third kappa shape index (κ3) is 3.72. The van der Waals surface area contributed by atoms with Gasteiger partial charge in [0, 0.05) is 12.6 Å². The first-order chi connectivity index (χ1) is 9.08. The lowest BCUT2D eigenvalue weighted by molar-refractivity contribution is 0.0797. The van der Waals surface area contributed by atoms with Crippen LogP contribution in [0.25, 0.3) is 0 Å². The van der Waals surface area contributed by atoms with Crippen molar-refractivity contribution in [3.05, 3.63) is 35.4 Å². The van der Waals surface area contributed by atoms with Gasteiger partial charge in [0.25, 0.3) is 0 Å². The highest BCUT2D eigenvalue weighted by Crippen LogP contribution is 2.20. The molecule has 0 bridgehead atoms. The molecule has 2 rings (SSSR count). The summed E-state index contributed by atoms with van der Waals surface area (Å²) in [5, 5.41) is 22.8. The molecule has 0 saturated heterocycles. The number of rotatable bonds is 4. The Morgan fingerprint density at radius 3 is 2.63 bits per heavy atom. The van der Waals surface area contributed by atoms with E-state index in [9.17, 15) is 19.0 Å². The molecule has 0 spiro atoms. The Kier molecular flexibility index (Phi) is 4.85. The van der Waals surface area contributed by atoms with E-state index < -0.39 is 23.8 Å². The number of benzene rings is 1. The molecule has 1 aromatic carbocycles. The molecule has 3 N–H and O–H groups in total. The summed E-state index contributed by atoms with van der Waals surface area (Å²) in [6.45, 7) is 0.215. The molecular weight excluding hydrogens is 252 g/mol.